The van der Waals surface area contributed by atoms with E-state index >= 15 is 0 Å². The molecule has 4 rings (SSSR count). The molecule has 0 aliphatic carbocycles. The molecular formula is C18H17N7O4. The number of nitrogen functional groups attached to an aromatic ring is 2. The largest absolute Gasteiger partial charge is 0.494 e. The summed E-state index contributed by atoms with van der Waals surface area (Å²) >= 11 is 0. The number of nitrogens with two attached hydrogens (primary N) is 3. The third-order valence-electron chi connectivity index (χ3n) is 4.50. The van der Waals surface area contributed by atoms with Gasteiger partial charge >= 0.3 is 5.97 Å². The second kappa shape index (κ2) is 6.41. The maximum absolute atomic E-state index is 11.9. The number of nitrogens with zero attached hydrogens (tertiary/aromatic N) is 4. The second-order valence-electron chi connectivity index (χ2n) is 6.17. The smallest absolute Gasteiger partial charge is 0.338 e. The van der Waals surface area contributed by atoms with E-state index in [2.05, 4.69) is 9.97 Å². The highest BCUT2D eigenvalue weighted by Crippen LogP contribution is 2.32. The highest BCUT2D eigenvalue weighted by molar-refractivity contribution is 5.98. The summed E-state index contributed by atoms with van der Waals surface area (Å²) < 4.78 is 13.3. The van der Waals surface area contributed by atoms with Gasteiger partial charge in [-0.2, -0.15) is 0 Å². The fourth-order valence-corrected chi connectivity index (χ4v) is 3.22. The van der Waals surface area contributed by atoms with Gasteiger partial charge in [-0.25, -0.2) is 24.1 Å². The molecule has 6 N–H and O–H groups in total. The SMILES string of the molecule is COC(=O)c1cc(OC)c2c(c1)nc(N)n2-n1c(N)nc2cc(C(N)=O)ccc21. The third kappa shape index (κ3) is 2.67. The molecule has 0 radical (unpaired) electrons. The zero-order valence-electron chi connectivity index (χ0n) is 15.5. The lowest BCUT2D eigenvalue weighted by atomic mass is 10.2. The number of methoxy groups -OCH3 is 2. The minimum atomic E-state index is -0.579. The zero-order valence-corrected chi connectivity index (χ0v) is 15.5. The summed E-state index contributed by atoms with van der Waals surface area (Å²) in [7, 11) is 2.74. The van der Waals surface area contributed by atoms with Crippen LogP contribution in [0.15, 0.2) is 30.3 Å². The Bertz CT molecular complexity index is 1310. The van der Waals surface area contributed by atoms with Gasteiger partial charge in [0.1, 0.15) is 11.3 Å². The average Bonchev–Trinajstić information content (AvgIpc) is 3.20. The van der Waals surface area contributed by atoms with E-state index in [-0.39, 0.29) is 17.5 Å². The van der Waals surface area contributed by atoms with Crippen molar-refractivity contribution in [3.63, 3.8) is 0 Å². The van der Waals surface area contributed by atoms with Crippen LogP contribution in [0.2, 0.25) is 0 Å². The Morgan fingerprint density at radius 3 is 2.24 bits per heavy atom. The van der Waals surface area contributed by atoms with Crippen molar-refractivity contribution in [2.24, 2.45) is 5.73 Å². The topological polar surface area (TPSA) is 166 Å². The molecule has 0 saturated heterocycles. The summed E-state index contributed by atoms with van der Waals surface area (Å²) in [5.74, 6) is -0.589. The second-order valence-corrected chi connectivity index (χ2v) is 6.17. The Morgan fingerprint density at radius 2 is 1.59 bits per heavy atom. The minimum Gasteiger partial charge on any atom is -0.494 e. The number of hydrogen-bond acceptors (Lipinski definition) is 8. The maximum Gasteiger partial charge on any atom is 0.338 e. The van der Waals surface area contributed by atoms with E-state index in [1.807, 2.05) is 0 Å². The van der Waals surface area contributed by atoms with Crippen LogP contribution in [0.5, 0.6) is 5.75 Å². The molecule has 0 aliphatic rings. The van der Waals surface area contributed by atoms with Crippen molar-refractivity contribution in [2.45, 2.75) is 0 Å². The lowest BCUT2D eigenvalue weighted by molar-refractivity contribution is 0.0600. The maximum atomic E-state index is 11.9. The van der Waals surface area contributed by atoms with Crippen LogP contribution >= 0.6 is 0 Å². The van der Waals surface area contributed by atoms with Gasteiger partial charge in [-0.3, -0.25) is 4.79 Å². The van der Waals surface area contributed by atoms with Crippen LogP contribution < -0.4 is 21.9 Å². The van der Waals surface area contributed by atoms with Crippen molar-refractivity contribution < 1.29 is 19.1 Å². The van der Waals surface area contributed by atoms with E-state index in [9.17, 15) is 9.59 Å². The molecule has 0 fully saturated rings. The van der Waals surface area contributed by atoms with Gasteiger partial charge < -0.3 is 26.7 Å². The number of amides is 1. The van der Waals surface area contributed by atoms with Crippen molar-refractivity contribution in [3.05, 3.63) is 41.5 Å². The fraction of sp³-hybridized carbons (Fsp3) is 0.111. The van der Waals surface area contributed by atoms with E-state index < -0.39 is 11.9 Å². The van der Waals surface area contributed by atoms with Crippen molar-refractivity contribution in [1.82, 2.24) is 19.3 Å². The van der Waals surface area contributed by atoms with Crippen LogP contribution in [0.4, 0.5) is 11.9 Å². The summed E-state index contributed by atoms with van der Waals surface area (Å²) in [5.41, 5.74) is 20.1. The normalized spacial score (nSPS) is 11.1. The molecule has 29 heavy (non-hydrogen) atoms. The molecule has 0 atom stereocenters. The van der Waals surface area contributed by atoms with Gasteiger partial charge in [0.05, 0.1) is 36.3 Å². The van der Waals surface area contributed by atoms with E-state index in [4.69, 9.17) is 26.7 Å². The number of carbonyl (C=O) groups is 2. The lowest BCUT2D eigenvalue weighted by Gasteiger charge is -2.13. The Morgan fingerprint density at radius 1 is 0.931 bits per heavy atom. The summed E-state index contributed by atoms with van der Waals surface area (Å²) in [6.07, 6.45) is 0. The monoisotopic (exact) mass is 395 g/mol. The predicted molar refractivity (Wildman–Crippen MR) is 105 cm³/mol. The molecule has 0 saturated carbocycles. The van der Waals surface area contributed by atoms with Crippen LogP contribution in [0, 0.1) is 0 Å². The van der Waals surface area contributed by atoms with Gasteiger partial charge in [0, 0.05) is 5.56 Å². The number of rotatable bonds is 4. The van der Waals surface area contributed by atoms with Gasteiger partial charge in [-0.05, 0) is 30.3 Å². The van der Waals surface area contributed by atoms with Gasteiger partial charge in [0.2, 0.25) is 17.8 Å². The zero-order chi connectivity index (χ0) is 20.9. The molecule has 0 spiro atoms. The number of anilines is 2. The average molecular weight is 395 g/mol. The fourth-order valence-electron chi connectivity index (χ4n) is 3.22. The van der Waals surface area contributed by atoms with Gasteiger partial charge in [0.15, 0.2) is 0 Å². The summed E-state index contributed by atoms with van der Waals surface area (Å²) in [4.78, 5) is 32.0. The number of imidazole rings is 2. The number of carbonyl (C=O) groups excluding carboxylic acids is 2. The highest BCUT2D eigenvalue weighted by atomic mass is 16.5. The molecule has 2 aromatic heterocycles. The van der Waals surface area contributed by atoms with Crippen LogP contribution in [0.3, 0.4) is 0 Å². The first-order valence-corrected chi connectivity index (χ1v) is 8.38. The number of aromatic nitrogens is 4. The molecule has 2 aromatic carbocycles. The molecule has 0 bridgehead atoms. The van der Waals surface area contributed by atoms with E-state index in [0.717, 1.165) is 0 Å². The Kier molecular flexibility index (Phi) is 4.00. The van der Waals surface area contributed by atoms with Gasteiger partial charge in [0.25, 0.3) is 0 Å². The van der Waals surface area contributed by atoms with Crippen LogP contribution in [-0.2, 0) is 4.74 Å². The first-order valence-electron chi connectivity index (χ1n) is 8.38. The third-order valence-corrected chi connectivity index (χ3v) is 4.50. The first-order chi connectivity index (χ1) is 13.8. The molecule has 1 amide bonds. The highest BCUT2D eigenvalue weighted by Gasteiger charge is 2.22. The van der Waals surface area contributed by atoms with Crippen LogP contribution in [0.1, 0.15) is 20.7 Å². The van der Waals surface area contributed by atoms with Crippen molar-refractivity contribution >= 4 is 45.8 Å². The molecule has 2 heterocycles. The number of esters is 1. The van der Waals surface area contributed by atoms with Gasteiger partial charge in [-0.1, -0.05) is 0 Å². The standard InChI is InChI=1S/C18H17N7O4/c1-28-13-7-9(16(27)29-2)6-11-14(13)25(18(21)23-11)24-12-4-3-8(15(19)26)5-10(12)22-17(24)20/h3-7H,1-2H3,(H2,19,26)(H2,20,22)(H2,21,23). The van der Waals surface area contributed by atoms with Crippen LogP contribution in [0.25, 0.3) is 22.1 Å². The van der Waals surface area contributed by atoms with Crippen molar-refractivity contribution in [2.75, 3.05) is 25.7 Å². The molecule has 0 aliphatic heterocycles. The number of ether oxygens (including phenoxy) is 2. The molecular weight excluding hydrogens is 378 g/mol. The Hall–Kier alpha value is -4.28. The number of hydrogen-bond donors (Lipinski definition) is 3. The Balaban J connectivity index is 2.04. The van der Waals surface area contributed by atoms with Crippen molar-refractivity contribution in [3.8, 4) is 5.75 Å². The molecule has 0 unspecified atom stereocenters. The summed E-state index contributed by atoms with van der Waals surface area (Å²) in [6.45, 7) is 0. The number of primary amides is 1. The predicted octanol–water partition coefficient (Wildman–Crippen LogP) is 0.756. The summed E-state index contributed by atoms with van der Waals surface area (Å²) in [5, 5.41) is 0. The Labute approximate surface area is 163 Å². The van der Waals surface area contributed by atoms with E-state index in [0.29, 0.717) is 33.4 Å². The number of benzene rings is 2. The molecule has 11 heteroatoms. The first kappa shape index (κ1) is 18.1. The van der Waals surface area contributed by atoms with Crippen LogP contribution in [-0.4, -0.2) is 45.4 Å². The lowest BCUT2D eigenvalue weighted by Crippen LogP contribution is -2.15. The van der Waals surface area contributed by atoms with E-state index in [1.165, 1.54) is 41.8 Å². The van der Waals surface area contributed by atoms with E-state index in [1.54, 1.807) is 12.1 Å². The minimum absolute atomic E-state index is 0.0882. The summed E-state index contributed by atoms with van der Waals surface area (Å²) in [6, 6.07) is 7.80. The molecule has 148 valence electrons. The quantitative estimate of drug-likeness (QED) is 0.426. The van der Waals surface area contributed by atoms with Gasteiger partial charge in [-0.15, -0.1) is 0 Å². The number of fused-ring (bicyclic) bond motifs is 2. The molecule has 11 nitrogen and oxygen atoms in total. The molecule has 4 aromatic rings. The van der Waals surface area contributed by atoms with Crippen molar-refractivity contribution in [1.29, 1.82) is 0 Å².